The first-order valence-electron chi connectivity index (χ1n) is 6.50. The molecule has 0 saturated carbocycles. The number of carbonyl (C=O) groups excluding carboxylic acids is 5. The van der Waals surface area contributed by atoms with Gasteiger partial charge in [0.25, 0.3) is 0 Å². The van der Waals surface area contributed by atoms with Crippen LogP contribution in [0.5, 0.6) is 0 Å². The molecule has 10 nitrogen and oxygen atoms in total. The minimum Gasteiger partial charge on any atom is -0.358 e. The molecule has 22 heavy (non-hydrogen) atoms. The zero-order valence-electron chi connectivity index (χ0n) is 12.8. The lowest BCUT2D eigenvalue weighted by molar-refractivity contribution is -0.135. The fraction of sp³-hybridized carbons (Fsp3) is 0.583. The first kappa shape index (κ1) is 19.4. The van der Waals surface area contributed by atoms with Crippen LogP contribution in [0.1, 0.15) is 6.92 Å². The zero-order valence-corrected chi connectivity index (χ0v) is 12.8. The van der Waals surface area contributed by atoms with Crippen LogP contribution < -0.4 is 21.3 Å². The number of amides is 5. The van der Waals surface area contributed by atoms with Crippen LogP contribution in [0.4, 0.5) is 0 Å². The molecule has 124 valence electrons. The summed E-state index contributed by atoms with van der Waals surface area (Å²) in [4.78, 5) is 56.9. The van der Waals surface area contributed by atoms with Crippen molar-refractivity contribution in [1.29, 1.82) is 0 Å². The summed E-state index contributed by atoms with van der Waals surface area (Å²) in [6.07, 6.45) is 0.384. The predicted octanol–water partition coefficient (Wildman–Crippen LogP) is -3.44. The molecule has 4 N–H and O–H groups in total. The second kappa shape index (κ2) is 10.1. The maximum atomic E-state index is 11.7. The Hall–Kier alpha value is -2.65. The SMILES string of the molecule is CNC(=O)CNC(=O)CN(C)C(=O)CNC(=O)C(C)NC=O. The van der Waals surface area contributed by atoms with Crippen molar-refractivity contribution in [2.75, 3.05) is 33.7 Å². The normalized spacial score (nSPS) is 10.9. The van der Waals surface area contributed by atoms with Crippen molar-refractivity contribution >= 4 is 30.0 Å². The highest BCUT2D eigenvalue weighted by atomic mass is 16.2. The molecule has 5 amide bonds. The number of rotatable bonds is 9. The zero-order chi connectivity index (χ0) is 17.1. The maximum Gasteiger partial charge on any atom is 0.242 e. The highest BCUT2D eigenvalue weighted by molar-refractivity contribution is 5.91. The van der Waals surface area contributed by atoms with Crippen LogP contribution in [-0.4, -0.2) is 74.7 Å². The fourth-order valence-electron chi connectivity index (χ4n) is 1.26. The average Bonchev–Trinajstić information content (AvgIpc) is 2.49. The Labute approximate surface area is 128 Å². The second-order valence-corrected chi connectivity index (χ2v) is 4.42. The first-order chi connectivity index (χ1) is 10.3. The molecule has 1 atom stereocenters. The van der Waals surface area contributed by atoms with Gasteiger partial charge in [0.2, 0.25) is 30.0 Å². The Kier molecular flexibility index (Phi) is 8.91. The third-order valence-corrected chi connectivity index (χ3v) is 2.66. The van der Waals surface area contributed by atoms with Crippen LogP contribution in [0.25, 0.3) is 0 Å². The second-order valence-electron chi connectivity index (χ2n) is 4.42. The Balaban J connectivity index is 4.11. The number of likely N-dealkylation sites (N-methyl/N-ethyl adjacent to an activating group) is 2. The molecule has 0 aromatic rings. The molecule has 0 spiro atoms. The van der Waals surface area contributed by atoms with Crippen LogP contribution in [0.2, 0.25) is 0 Å². The van der Waals surface area contributed by atoms with E-state index in [0.29, 0.717) is 6.41 Å². The van der Waals surface area contributed by atoms with E-state index in [0.717, 1.165) is 4.90 Å². The van der Waals surface area contributed by atoms with E-state index >= 15 is 0 Å². The quantitative estimate of drug-likeness (QED) is 0.328. The van der Waals surface area contributed by atoms with Gasteiger partial charge in [0.1, 0.15) is 6.04 Å². The van der Waals surface area contributed by atoms with Crippen LogP contribution in [0.15, 0.2) is 0 Å². The molecule has 0 rings (SSSR count). The molecule has 0 aliphatic carbocycles. The summed E-state index contributed by atoms with van der Waals surface area (Å²) < 4.78 is 0. The fourth-order valence-corrected chi connectivity index (χ4v) is 1.26. The van der Waals surface area contributed by atoms with Gasteiger partial charge in [-0.1, -0.05) is 0 Å². The first-order valence-corrected chi connectivity index (χ1v) is 6.50. The summed E-state index contributed by atoms with van der Waals surface area (Å²) in [6, 6.07) is -0.758. The molecule has 0 aromatic carbocycles. The van der Waals surface area contributed by atoms with Crippen LogP contribution in [0, 0.1) is 0 Å². The predicted molar refractivity (Wildman–Crippen MR) is 76.4 cm³/mol. The minimum absolute atomic E-state index is 0.178. The third kappa shape index (κ3) is 7.82. The summed E-state index contributed by atoms with van der Waals surface area (Å²) in [6.45, 7) is 0.740. The molecule has 0 bridgehead atoms. The molecule has 0 aliphatic heterocycles. The molecule has 0 heterocycles. The van der Waals surface area contributed by atoms with Crippen molar-refractivity contribution in [2.45, 2.75) is 13.0 Å². The van der Waals surface area contributed by atoms with Crippen molar-refractivity contribution in [2.24, 2.45) is 0 Å². The molecule has 0 aliphatic rings. The van der Waals surface area contributed by atoms with Crippen molar-refractivity contribution in [3.05, 3.63) is 0 Å². The van der Waals surface area contributed by atoms with Crippen molar-refractivity contribution < 1.29 is 24.0 Å². The Bertz CT molecular complexity index is 440. The lowest BCUT2D eigenvalue weighted by Gasteiger charge is -2.18. The summed E-state index contributed by atoms with van der Waals surface area (Å²) in [5.74, 6) is -1.85. The van der Waals surface area contributed by atoms with Gasteiger partial charge in [0.15, 0.2) is 0 Å². The smallest absolute Gasteiger partial charge is 0.242 e. The molecule has 1 unspecified atom stereocenters. The van der Waals surface area contributed by atoms with Gasteiger partial charge in [-0.3, -0.25) is 24.0 Å². The molecule has 0 aromatic heterocycles. The number of hydrogen-bond acceptors (Lipinski definition) is 5. The number of carbonyl (C=O) groups is 5. The molecular weight excluding hydrogens is 294 g/mol. The number of hydrogen-bond donors (Lipinski definition) is 4. The van der Waals surface area contributed by atoms with E-state index in [4.69, 9.17) is 0 Å². The van der Waals surface area contributed by atoms with Crippen LogP contribution in [-0.2, 0) is 24.0 Å². The van der Waals surface area contributed by atoms with E-state index in [1.807, 2.05) is 0 Å². The van der Waals surface area contributed by atoms with Gasteiger partial charge in [-0.2, -0.15) is 0 Å². The van der Waals surface area contributed by atoms with E-state index in [-0.39, 0.29) is 25.5 Å². The van der Waals surface area contributed by atoms with Gasteiger partial charge in [-0.15, -0.1) is 0 Å². The Morgan fingerprint density at radius 2 is 1.73 bits per heavy atom. The van der Waals surface area contributed by atoms with Crippen molar-refractivity contribution in [1.82, 2.24) is 26.2 Å². The number of nitrogens with one attached hydrogen (secondary N) is 4. The molecule has 0 fully saturated rings. The van der Waals surface area contributed by atoms with Crippen molar-refractivity contribution in [3.63, 3.8) is 0 Å². The Morgan fingerprint density at radius 3 is 2.27 bits per heavy atom. The van der Waals surface area contributed by atoms with Crippen LogP contribution >= 0.6 is 0 Å². The van der Waals surface area contributed by atoms with E-state index in [1.165, 1.54) is 21.0 Å². The van der Waals surface area contributed by atoms with Gasteiger partial charge in [0.05, 0.1) is 19.6 Å². The number of nitrogens with zero attached hydrogens (tertiary/aromatic N) is 1. The van der Waals surface area contributed by atoms with Gasteiger partial charge in [-0.25, -0.2) is 0 Å². The summed E-state index contributed by atoms with van der Waals surface area (Å²) in [5.41, 5.74) is 0. The minimum atomic E-state index is -0.758. The van der Waals surface area contributed by atoms with Crippen molar-refractivity contribution in [3.8, 4) is 0 Å². The van der Waals surface area contributed by atoms with Gasteiger partial charge in [-0.05, 0) is 6.92 Å². The largest absolute Gasteiger partial charge is 0.358 e. The highest BCUT2D eigenvalue weighted by Gasteiger charge is 2.16. The topological polar surface area (TPSA) is 137 Å². The average molecular weight is 315 g/mol. The third-order valence-electron chi connectivity index (χ3n) is 2.66. The van der Waals surface area contributed by atoms with Gasteiger partial charge in [0, 0.05) is 14.1 Å². The van der Waals surface area contributed by atoms with E-state index in [2.05, 4.69) is 21.3 Å². The van der Waals surface area contributed by atoms with E-state index in [1.54, 1.807) is 0 Å². The molecule has 0 saturated heterocycles. The van der Waals surface area contributed by atoms with Gasteiger partial charge < -0.3 is 26.2 Å². The summed E-state index contributed by atoms with van der Waals surface area (Å²) in [5, 5.41) is 9.25. The molecular formula is C12H21N5O5. The lowest BCUT2D eigenvalue weighted by atomic mass is 10.3. The summed E-state index contributed by atoms with van der Waals surface area (Å²) >= 11 is 0. The van der Waals surface area contributed by atoms with Gasteiger partial charge >= 0.3 is 0 Å². The Morgan fingerprint density at radius 1 is 1.09 bits per heavy atom. The van der Waals surface area contributed by atoms with E-state index < -0.39 is 23.8 Å². The molecule has 0 radical (unpaired) electrons. The molecule has 10 heteroatoms. The highest BCUT2D eigenvalue weighted by Crippen LogP contribution is 1.86. The lowest BCUT2D eigenvalue weighted by Crippen LogP contribution is -2.47. The maximum absolute atomic E-state index is 11.7. The van der Waals surface area contributed by atoms with E-state index in [9.17, 15) is 24.0 Å². The standard InChI is InChI=1S/C12H21N5O5/c1-8(16-7-18)12(22)15-5-11(21)17(3)6-10(20)14-4-9(19)13-2/h7-8H,4-6H2,1-3H3,(H,13,19)(H,14,20)(H,15,22)(H,16,18). The van der Waals surface area contributed by atoms with Crippen LogP contribution in [0.3, 0.4) is 0 Å². The summed E-state index contributed by atoms with van der Waals surface area (Å²) in [7, 11) is 2.83. The monoisotopic (exact) mass is 315 g/mol.